The first-order valence-corrected chi connectivity index (χ1v) is 9.81. The first-order chi connectivity index (χ1) is 15.6. The van der Waals surface area contributed by atoms with Crippen molar-refractivity contribution in [3.8, 4) is 0 Å². The van der Waals surface area contributed by atoms with Gasteiger partial charge in [-0.05, 0) is 35.4 Å². The molecule has 0 aliphatic rings. The minimum atomic E-state index is -4.16. The summed E-state index contributed by atoms with van der Waals surface area (Å²) >= 11 is 5.75. The summed E-state index contributed by atoms with van der Waals surface area (Å²) in [6.45, 7) is -1.04. The van der Waals surface area contributed by atoms with Crippen molar-refractivity contribution in [3.05, 3.63) is 94.0 Å². The Labute approximate surface area is 191 Å². The largest absolute Gasteiger partial charge is 0.377 e. The number of aromatic nitrogens is 2. The Morgan fingerprint density at radius 1 is 1.06 bits per heavy atom. The molecule has 2 aromatic heterocycles. The normalized spacial score (nSPS) is 13.8. The monoisotopic (exact) mass is 482 g/mol. The van der Waals surface area contributed by atoms with Crippen LogP contribution in [-0.2, 0) is 17.9 Å². The molecule has 7 nitrogen and oxygen atoms in total. The lowest BCUT2D eigenvalue weighted by Gasteiger charge is -2.37. The molecule has 1 atom stereocenters. The van der Waals surface area contributed by atoms with Crippen LogP contribution in [0.1, 0.15) is 22.4 Å². The van der Waals surface area contributed by atoms with Crippen molar-refractivity contribution in [1.82, 2.24) is 15.0 Å². The number of pyridine rings is 2. The summed E-state index contributed by atoms with van der Waals surface area (Å²) in [5.41, 5.74) is -3.65. The number of hydrogen-bond donors (Lipinski definition) is 3. The van der Waals surface area contributed by atoms with Gasteiger partial charge in [0.2, 0.25) is 0 Å². The van der Waals surface area contributed by atoms with Crippen molar-refractivity contribution < 1.29 is 22.7 Å². The Balaban J connectivity index is 1.98. The van der Waals surface area contributed by atoms with E-state index in [2.05, 4.69) is 15.1 Å². The van der Waals surface area contributed by atoms with Gasteiger partial charge < -0.3 is 10.9 Å². The molecule has 0 radical (unpaired) electrons. The van der Waals surface area contributed by atoms with E-state index < -0.39 is 41.0 Å². The zero-order valence-corrected chi connectivity index (χ0v) is 17.7. The molecule has 0 amide bonds. The van der Waals surface area contributed by atoms with Gasteiger partial charge in [-0.1, -0.05) is 23.7 Å². The number of alkyl halides is 2. The molecule has 0 spiro atoms. The average Bonchev–Trinajstić information content (AvgIpc) is 2.75. The van der Waals surface area contributed by atoms with Gasteiger partial charge in [0, 0.05) is 30.4 Å². The molecule has 0 fully saturated rings. The van der Waals surface area contributed by atoms with Gasteiger partial charge in [-0.25, -0.2) is 19.6 Å². The molecule has 12 heteroatoms. The number of nitrogens with zero attached hydrogens (tertiary/aromatic N) is 4. The fourth-order valence-electron chi connectivity index (χ4n) is 3.24. The predicted octanol–water partition coefficient (Wildman–Crippen LogP) is 3.06. The minimum absolute atomic E-state index is 0.313. The highest BCUT2D eigenvalue weighted by molar-refractivity contribution is 6.29. The molecular formula is C21H19ClF4N6O. The summed E-state index contributed by atoms with van der Waals surface area (Å²) in [4.78, 5) is 7.73. The van der Waals surface area contributed by atoms with E-state index in [9.17, 15) is 13.9 Å². The molecule has 3 rings (SSSR count). The highest BCUT2D eigenvalue weighted by Gasteiger charge is 2.58. The number of nitrogens with two attached hydrogens (primary N) is 2. The van der Waals surface area contributed by atoms with Crippen LogP contribution in [-0.4, -0.2) is 33.0 Å². The van der Waals surface area contributed by atoms with E-state index in [1.165, 1.54) is 18.5 Å². The maximum Gasteiger partial charge on any atom is 0.323 e. The maximum absolute atomic E-state index is 15.6. The van der Waals surface area contributed by atoms with Crippen molar-refractivity contribution in [1.29, 1.82) is 0 Å². The SMILES string of the molecule is N/N=C\N(N)CC(O)(c1ccc(F)cc1F)C(F)(F)c1ccc(Cc2ccc(Cl)nc2)cn1. The quantitative estimate of drug-likeness (QED) is 0.114. The number of hydrazine groups is 1. The number of halogens is 5. The fourth-order valence-corrected chi connectivity index (χ4v) is 3.35. The Hall–Kier alpha value is -3.28. The van der Waals surface area contributed by atoms with Crippen LogP contribution >= 0.6 is 11.6 Å². The summed E-state index contributed by atoms with van der Waals surface area (Å²) in [6, 6.07) is 7.54. The van der Waals surface area contributed by atoms with Gasteiger partial charge in [0.15, 0.2) is 5.60 Å². The molecule has 0 bridgehead atoms. The first kappa shape index (κ1) is 24.4. The van der Waals surface area contributed by atoms with Crippen molar-refractivity contribution >= 4 is 17.9 Å². The second kappa shape index (κ2) is 9.69. The molecule has 1 aromatic carbocycles. The van der Waals surface area contributed by atoms with Gasteiger partial charge >= 0.3 is 5.92 Å². The van der Waals surface area contributed by atoms with Gasteiger partial charge in [-0.15, -0.1) is 0 Å². The molecule has 0 aliphatic heterocycles. The summed E-state index contributed by atoms with van der Waals surface area (Å²) in [6.07, 6.45) is 3.83. The number of hydrogen-bond acceptors (Lipinski definition) is 6. The molecule has 0 aliphatic carbocycles. The van der Waals surface area contributed by atoms with Crippen LogP contribution in [0.15, 0.2) is 60.0 Å². The average molecular weight is 483 g/mol. The number of hydrazone groups is 1. The molecule has 33 heavy (non-hydrogen) atoms. The maximum atomic E-state index is 15.6. The number of rotatable bonds is 8. The second-order valence-corrected chi connectivity index (χ2v) is 7.60. The van der Waals surface area contributed by atoms with Gasteiger partial charge in [-0.3, -0.25) is 9.99 Å². The van der Waals surface area contributed by atoms with Crippen LogP contribution in [0.2, 0.25) is 5.15 Å². The lowest BCUT2D eigenvalue weighted by molar-refractivity contribution is -0.203. The van der Waals surface area contributed by atoms with Gasteiger partial charge in [0.25, 0.3) is 0 Å². The van der Waals surface area contributed by atoms with Crippen molar-refractivity contribution in [2.24, 2.45) is 16.8 Å². The summed E-state index contributed by atoms with van der Waals surface area (Å²) in [5.74, 6) is 3.98. The Morgan fingerprint density at radius 2 is 1.73 bits per heavy atom. The van der Waals surface area contributed by atoms with Crippen molar-refractivity contribution in [2.75, 3.05) is 6.54 Å². The highest BCUT2D eigenvalue weighted by Crippen LogP contribution is 2.46. The molecule has 1 unspecified atom stereocenters. The van der Waals surface area contributed by atoms with Crippen LogP contribution in [0.25, 0.3) is 0 Å². The molecule has 3 aromatic rings. The predicted molar refractivity (Wildman–Crippen MR) is 114 cm³/mol. The Morgan fingerprint density at radius 3 is 2.27 bits per heavy atom. The molecule has 5 N–H and O–H groups in total. The van der Waals surface area contributed by atoms with Crippen molar-refractivity contribution in [2.45, 2.75) is 17.9 Å². The standard InChI is InChI=1S/C21H19ClF4N6O/c22-19-6-2-14(10-30-19)7-13-1-5-18(29-9-13)21(25,26)20(33,11-32(28)12-31-27)16-4-3-15(23)8-17(16)24/h1-6,8-10,12,33H,7,11,27-28H2/b31-12-. The molecular weight excluding hydrogens is 464 g/mol. The van der Waals surface area contributed by atoms with E-state index in [-0.39, 0.29) is 0 Å². The van der Waals surface area contributed by atoms with Crippen LogP contribution in [0, 0.1) is 11.6 Å². The first-order valence-electron chi connectivity index (χ1n) is 9.43. The summed E-state index contributed by atoms with van der Waals surface area (Å²) in [7, 11) is 0. The van der Waals surface area contributed by atoms with E-state index in [0.29, 0.717) is 34.3 Å². The van der Waals surface area contributed by atoms with Gasteiger partial charge in [0.1, 0.15) is 28.8 Å². The Bertz CT molecular complexity index is 1130. The van der Waals surface area contributed by atoms with Gasteiger partial charge in [-0.2, -0.15) is 13.9 Å². The van der Waals surface area contributed by atoms with Gasteiger partial charge in [0.05, 0.1) is 6.54 Å². The van der Waals surface area contributed by atoms with Crippen LogP contribution in [0.5, 0.6) is 0 Å². The Kier molecular flexibility index (Phi) is 7.15. The van der Waals surface area contributed by atoms with E-state index in [1.54, 1.807) is 12.1 Å². The smallest absolute Gasteiger partial charge is 0.323 e. The third kappa shape index (κ3) is 5.21. The van der Waals surface area contributed by atoms with E-state index in [1.807, 2.05) is 0 Å². The summed E-state index contributed by atoms with van der Waals surface area (Å²) < 4.78 is 59.1. The van der Waals surface area contributed by atoms with E-state index in [0.717, 1.165) is 24.0 Å². The third-order valence-corrected chi connectivity index (χ3v) is 5.09. The van der Waals surface area contributed by atoms with E-state index in [4.69, 9.17) is 23.3 Å². The second-order valence-electron chi connectivity index (χ2n) is 7.21. The lowest BCUT2D eigenvalue weighted by atomic mass is 9.84. The molecule has 0 saturated heterocycles. The fraction of sp³-hybridized carbons (Fsp3) is 0.190. The van der Waals surface area contributed by atoms with Crippen molar-refractivity contribution in [3.63, 3.8) is 0 Å². The zero-order chi connectivity index (χ0) is 24.2. The lowest BCUT2D eigenvalue weighted by Crippen LogP contribution is -2.53. The topological polar surface area (TPSA) is 114 Å². The van der Waals surface area contributed by atoms with Crippen LogP contribution in [0.3, 0.4) is 0 Å². The number of aliphatic hydroxyl groups is 1. The third-order valence-electron chi connectivity index (χ3n) is 4.87. The molecule has 2 heterocycles. The van der Waals surface area contributed by atoms with Crippen LogP contribution in [0.4, 0.5) is 17.6 Å². The zero-order valence-electron chi connectivity index (χ0n) is 17.0. The number of benzene rings is 1. The summed E-state index contributed by atoms with van der Waals surface area (Å²) in [5, 5.41) is 15.0. The highest BCUT2D eigenvalue weighted by atomic mass is 35.5. The van der Waals surface area contributed by atoms with Crippen LogP contribution < -0.4 is 11.7 Å². The minimum Gasteiger partial charge on any atom is -0.377 e. The van der Waals surface area contributed by atoms with E-state index >= 15 is 8.78 Å². The molecule has 0 saturated carbocycles. The molecule has 174 valence electrons.